The van der Waals surface area contributed by atoms with E-state index in [2.05, 4.69) is 15.1 Å². The summed E-state index contributed by atoms with van der Waals surface area (Å²) in [5.74, 6) is 0. The number of fused-ring (bicyclic) bond motifs is 1. The third-order valence-electron chi connectivity index (χ3n) is 3.32. The minimum Gasteiger partial charge on any atom is -0.248 e. The number of benzene rings is 1. The summed E-state index contributed by atoms with van der Waals surface area (Å²) >= 11 is 18.2. The van der Waals surface area contributed by atoms with Crippen LogP contribution in [0, 0.1) is 6.92 Å². The second-order valence-electron chi connectivity index (χ2n) is 4.74. The lowest BCUT2D eigenvalue weighted by Crippen LogP contribution is -2.10. The van der Waals surface area contributed by atoms with Gasteiger partial charge < -0.3 is 0 Å². The van der Waals surface area contributed by atoms with Gasteiger partial charge in [0.15, 0.2) is 5.65 Å². The molecule has 0 aliphatic rings. The van der Waals surface area contributed by atoms with Gasteiger partial charge in [0.05, 0.1) is 17.9 Å². The molecule has 0 N–H and O–H groups in total. The summed E-state index contributed by atoms with van der Waals surface area (Å²) in [4.78, 5) is 8.61. The van der Waals surface area contributed by atoms with Crippen molar-refractivity contribution in [1.29, 1.82) is 0 Å². The Hall–Kier alpha value is -1.36. The molecule has 0 radical (unpaired) electrons. The van der Waals surface area contributed by atoms with Gasteiger partial charge in [0.25, 0.3) is 0 Å². The van der Waals surface area contributed by atoms with E-state index in [1.807, 2.05) is 33.8 Å². The zero-order valence-electron chi connectivity index (χ0n) is 13.3. The molecule has 0 spiro atoms. The Balaban J connectivity index is 0.000000924. The fraction of sp³-hybridized carbons (Fsp3) is 0.312. The first-order valence-corrected chi connectivity index (χ1v) is 8.43. The van der Waals surface area contributed by atoms with Crippen molar-refractivity contribution in [1.82, 2.24) is 19.7 Å². The van der Waals surface area contributed by atoms with Crippen molar-refractivity contribution in [2.75, 3.05) is 0 Å². The Kier molecular flexibility index (Phi) is 5.84. The van der Waals surface area contributed by atoms with Gasteiger partial charge in [-0.1, -0.05) is 54.7 Å². The van der Waals surface area contributed by atoms with E-state index in [0.717, 1.165) is 16.8 Å². The third kappa shape index (κ3) is 3.60. The van der Waals surface area contributed by atoms with Gasteiger partial charge in [0.1, 0.15) is 10.7 Å². The highest BCUT2D eigenvalue weighted by atomic mass is 35.5. The first kappa shape index (κ1) is 18.0. The van der Waals surface area contributed by atoms with Crippen LogP contribution in [0.4, 0.5) is 0 Å². The van der Waals surface area contributed by atoms with E-state index in [1.165, 1.54) is 6.20 Å². The van der Waals surface area contributed by atoms with Crippen LogP contribution in [0.15, 0.2) is 24.4 Å². The highest BCUT2D eigenvalue weighted by Gasteiger charge is 2.19. The van der Waals surface area contributed by atoms with Gasteiger partial charge in [-0.2, -0.15) is 5.10 Å². The molecular weight excluding hydrogens is 355 g/mol. The number of halogens is 3. The maximum atomic E-state index is 6.28. The molecule has 4 nitrogen and oxygen atoms in total. The summed E-state index contributed by atoms with van der Waals surface area (Å²) in [6, 6.07) is 5.29. The fourth-order valence-electron chi connectivity index (χ4n) is 2.27. The molecule has 23 heavy (non-hydrogen) atoms. The number of aryl methyl sites for hydroxylation is 1. The summed E-state index contributed by atoms with van der Waals surface area (Å²) in [7, 11) is 0. The van der Waals surface area contributed by atoms with Crippen molar-refractivity contribution >= 4 is 46.0 Å². The predicted octanol–water partition coefficient (Wildman–Crippen LogP) is 5.73. The second-order valence-corrected chi connectivity index (χ2v) is 5.97. The van der Waals surface area contributed by atoms with Gasteiger partial charge >= 0.3 is 0 Å². The molecule has 7 heteroatoms. The maximum absolute atomic E-state index is 6.28. The van der Waals surface area contributed by atoms with Gasteiger partial charge in [-0.25, -0.2) is 14.6 Å². The standard InChI is InChI=1S/C14H11Cl3N4.C2H6/c1-7-13-14(19-12(17)6-18-13)21(20-7)8(2)10-4-3-9(15)5-11(10)16;1-2/h3-6,8H,1-2H3;1-2H3/t8-;/m1./s1. The lowest BCUT2D eigenvalue weighted by molar-refractivity contribution is 0.575. The number of aromatic nitrogens is 4. The van der Waals surface area contributed by atoms with Crippen LogP contribution >= 0.6 is 34.8 Å². The number of nitrogens with zero attached hydrogens (tertiary/aromatic N) is 4. The first-order chi connectivity index (χ1) is 11.0. The molecule has 0 aliphatic carbocycles. The van der Waals surface area contributed by atoms with Crippen molar-refractivity contribution in [3.8, 4) is 0 Å². The molecule has 0 saturated heterocycles. The SMILES string of the molecule is CC.Cc1nn([C@H](C)c2ccc(Cl)cc2Cl)c2nc(Cl)cnc12. The van der Waals surface area contributed by atoms with Gasteiger partial charge in [-0.15, -0.1) is 0 Å². The third-order valence-corrected chi connectivity index (χ3v) is 4.07. The van der Waals surface area contributed by atoms with Crippen LogP contribution in [-0.2, 0) is 0 Å². The monoisotopic (exact) mass is 370 g/mol. The summed E-state index contributed by atoms with van der Waals surface area (Å²) in [6.45, 7) is 7.88. The quantitative estimate of drug-likeness (QED) is 0.577. The Morgan fingerprint density at radius 2 is 1.83 bits per heavy atom. The zero-order valence-corrected chi connectivity index (χ0v) is 15.6. The van der Waals surface area contributed by atoms with Crippen molar-refractivity contribution < 1.29 is 0 Å². The molecule has 2 heterocycles. The van der Waals surface area contributed by atoms with E-state index in [-0.39, 0.29) is 6.04 Å². The van der Waals surface area contributed by atoms with Gasteiger partial charge in [0.2, 0.25) is 0 Å². The fourth-order valence-corrected chi connectivity index (χ4v) is 2.97. The molecule has 0 unspecified atom stereocenters. The van der Waals surface area contributed by atoms with Crippen LogP contribution in [0.1, 0.15) is 38.1 Å². The summed E-state index contributed by atoms with van der Waals surface area (Å²) in [5.41, 5.74) is 3.08. The normalized spacial score (nSPS) is 12.0. The van der Waals surface area contributed by atoms with E-state index in [0.29, 0.717) is 20.8 Å². The highest BCUT2D eigenvalue weighted by molar-refractivity contribution is 6.35. The van der Waals surface area contributed by atoms with Gasteiger partial charge in [-0.05, 0) is 31.5 Å². The molecule has 0 aliphatic heterocycles. The second kappa shape index (κ2) is 7.47. The largest absolute Gasteiger partial charge is 0.248 e. The number of rotatable bonds is 2. The number of hydrogen-bond donors (Lipinski definition) is 0. The lowest BCUT2D eigenvalue weighted by Gasteiger charge is -2.15. The molecule has 122 valence electrons. The molecule has 0 saturated carbocycles. The van der Waals surface area contributed by atoms with E-state index >= 15 is 0 Å². The van der Waals surface area contributed by atoms with Crippen LogP contribution in [0.5, 0.6) is 0 Å². The maximum Gasteiger partial charge on any atom is 0.179 e. The topological polar surface area (TPSA) is 43.6 Å². The first-order valence-electron chi connectivity index (χ1n) is 7.29. The molecule has 3 aromatic rings. The van der Waals surface area contributed by atoms with Crippen LogP contribution in [0.25, 0.3) is 11.2 Å². The average molecular weight is 372 g/mol. The van der Waals surface area contributed by atoms with Gasteiger partial charge in [0, 0.05) is 10.0 Å². The number of hydrogen-bond acceptors (Lipinski definition) is 3. The molecule has 0 amide bonds. The molecule has 3 rings (SSSR count). The van der Waals surface area contributed by atoms with Crippen LogP contribution in [0.3, 0.4) is 0 Å². The minimum absolute atomic E-state index is 0.112. The van der Waals surface area contributed by atoms with Crippen molar-refractivity contribution in [3.63, 3.8) is 0 Å². The lowest BCUT2D eigenvalue weighted by atomic mass is 10.1. The zero-order chi connectivity index (χ0) is 17.1. The van der Waals surface area contributed by atoms with E-state index in [1.54, 1.807) is 16.8 Å². The molecule has 0 fully saturated rings. The predicted molar refractivity (Wildman–Crippen MR) is 96.7 cm³/mol. The Morgan fingerprint density at radius 3 is 2.48 bits per heavy atom. The molecule has 2 aromatic heterocycles. The molecular formula is C16H17Cl3N4. The molecule has 0 bridgehead atoms. The van der Waals surface area contributed by atoms with E-state index in [4.69, 9.17) is 34.8 Å². The Morgan fingerprint density at radius 1 is 1.13 bits per heavy atom. The summed E-state index contributed by atoms with van der Waals surface area (Å²) in [6.07, 6.45) is 1.52. The van der Waals surface area contributed by atoms with Crippen LogP contribution in [0.2, 0.25) is 15.2 Å². The minimum atomic E-state index is -0.112. The summed E-state index contributed by atoms with van der Waals surface area (Å²) in [5, 5.41) is 6.03. The van der Waals surface area contributed by atoms with Crippen LogP contribution < -0.4 is 0 Å². The van der Waals surface area contributed by atoms with Crippen molar-refractivity contribution in [3.05, 3.63) is 50.9 Å². The van der Waals surface area contributed by atoms with Crippen molar-refractivity contribution in [2.45, 2.75) is 33.7 Å². The Bertz CT molecular complexity index is 830. The summed E-state index contributed by atoms with van der Waals surface area (Å²) < 4.78 is 1.78. The van der Waals surface area contributed by atoms with E-state index in [9.17, 15) is 0 Å². The van der Waals surface area contributed by atoms with Gasteiger partial charge in [-0.3, -0.25) is 0 Å². The Labute approximate surface area is 150 Å². The highest BCUT2D eigenvalue weighted by Crippen LogP contribution is 2.30. The molecule has 1 aromatic carbocycles. The van der Waals surface area contributed by atoms with Crippen LogP contribution in [-0.4, -0.2) is 19.7 Å². The van der Waals surface area contributed by atoms with E-state index < -0.39 is 0 Å². The average Bonchev–Trinajstić information content (AvgIpc) is 2.85. The van der Waals surface area contributed by atoms with Crippen molar-refractivity contribution in [2.24, 2.45) is 0 Å². The smallest absolute Gasteiger partial charge is 0.179 e. The molecule has 1 atom stereocenters.